The number of hydrogen-bond donors (Lipinski definition) is 2. The highest BCUT2D eigenvalue weighted by Gasteiger charge is 1.88. The van der Waals surface area contributed by atoms with Gasteiger partial charge < -0.3 is 10.2 Å². The summed E-state index contributed by atoms with van der Waals surface area (Å²) in [5.41, 5.74) is 0.806. The van der Waals surface area contributed by atoms with Gasteiger partial charge in [-0.1, -0.05) is 6.08 Å². The van der Waals surface area contributed by atoms with Gasteiger partial charge in [0.25, 0.3) is 0 Å². The molecule has 1 atom stereocenters. The SMILES string of the molecule is C/C(=C\C(C)O)CO. The van der Waals surface area contributed by atoms with Gasteiger partial charge in [-0.15, -0.1) is 0 Å². The van der Waals surface area contributed by atoms with Crippen LogP contribution in [0.2, 0.25) is 0 Å². The van der Waals surface area contributed by atoms with Crippen LogP contribution in [0.3, 0.4) is 0 Å². The minimum Gasteiger partial charge on any atom is -0.392 e. The van der Waals surface area contributed by atoms with Crippen molar-refractivity contribution in [3.8, 4) is 0 Å². The first-order valence-corrected chi connectivity index (χ1v) is 2.63. The third kappa shape index (κ3) is 3.84. The molecule has 0 aliphatic rings. The van der Waals surface area contributed by atoms with E-state index in [9.17, 15) is 0 Å². The zero-order chi connectivity index (χ0) is 6.57. The van der Waals surface area contributed by atoms with Gasteiger partial charge in [-0.25, -0.2) is 0 Å². The summed E-state index contributed by atoms with van der Waals surface area (Å²) in [5.74, 6) is 0. The zero-order valence-electron chi connectivity index (χ0n) is 5.26. The molecule has 0 radical (unpaired) electrons. The van der Waals surface area contributed by atoms with Crippen LogP contribution in [-0.2, 0) is 0 Å². The van der Waals surface area contributed by atoms with Crippen LogP contribution in [0.4, 0.5) is 0 Å². The highest BCUT2D eigenvalue weighted by molar-refractivity contribution is 5.00. The predicted octanol–water partition coefficient (Wildman–Crippen LogP) is 0.306. The van der Waals surface area contributed by atoms with E-state index in [0.29, 0.717) is 0 Å². The molecule has 0 aliphatic heterocycles. The fourth-order valence-corrected chi connectivity index (χ4v) is 0.464. The van der Waals surface area contributed by atoms with E-state index in [2.05, 4.69) is 0 Å². The van der Waals surface area contributed by atoms with Crippen molar-refractivity contribution in [3.05, 3.63) is 11.6 Å². The monoisotopic (exact) mass is 116 g/mol. The molecule has 0 aromatic carbocycles. The number of aliphatic hydroxyl groups excluding tert-OH is 2. The lowest BCUT2D eigenvalue weighted by atomic mass is 10.2. The third-order valence-electron chi connectivity index (χ3n) is 0.775. The second-order valence-corrected chi connectivity index (χ2v) is 1.91. The maximum atomic E-state index is 8.67. The molecule has 1 unspecified atom stereocenters. The molecule has 0 aromatic heterocycles. The second-order valence-electron chi connectivity index (χ2n) is 1.91. The van der Waals surface area contributed by atoms with Gasteiger partial charge in [0.05, 0.1) is 12.7 Å². The van der Waals surface area contributed by atoms with Crippen molar-refractivity contribution in [1.29, 1.82) is 0 Å². The van der Waals surface area contributed by atoms with E-state index in [-0.39, 0.29) is 6.61 Å². The minimum atomic E-state index is -0.442. The van der Waals surface area contributed by atoms with Crippen molar-refractivity contribution in [2.45, 2.75) is 20.0 Å². The Morgan fingerprint density at radius 1 is 1.75 bits per heavy atom. The summed E-state index contributed by atoms with van der Waals surface area (Å²) in [6, 6.07) is 0. The molecule has 2 heteroatoms. The van der Waals surface area contributed by atoms with Crippen molar-refractivity contribution in [3.63, 3.8) is 0 Å². The van der Waals surface area contributed by atoms with E-state index in [1.165, 1.54) is 0 Å². The fourth-order valence-electron chi connectivity index (χ4n) is 0.464. The molecule has 0 bridgehead atoms. The van der Waals surface area contributed by atoms with E-state index >= 15 is 0 Å². The summed E-state index contributed by atoms with van der Waals surface area (Å²) in [5, 5.41) is 17.1. The lowest BCUT2D eigenvalue weighted by Gasteiger charge is -1.96. The van der Waals surface area contributed by atoms with E-state index in [0.717, 1.165) is 5.57 Å². The van der Waals surface area contributed by atoms with Crippen LogP contribution in [0.15, 0.2) is 11.6 Å². The molecule has 0 aliphatic carbocycles. The lowest BCUT2D eigenvalue weighted by molar-refractivity contribution is 0.240. The molecule has 0 saturated carbocycles. The Kier molecular flexibility index (Phi) is 3.48. The third-order valence-corrected chi connectivity index (χ3v) is 0.775. The Balaban J connectivity index is 3.56. The van der Waals surface area contributed by atoms with Crippen LogP contribution in [0.25, 0.3) is 0 Å². The topological polar surface area (TPSA) is 40.5 Å². The summed E-state index contributed by atoms with van der Waals surface area (Å²) in [4.78, 5) is 0. The van der Waals surface area contributed by atoms with Gasteiger partial charge in [0.1, 0.15) is 0 Å². The molecule has 0 aromatic rings. The molecule has 0 rings (SSSR count). The average molecular weight is 116 g/mol. The highest BCUT2D eigenvalue weighted by atomic mass is 16.3. The molecular weight excluding hydrogens is 104 g/mol. The van der Waals surface area contributed by atoms with Gasteiger partial charge in [0.2, 0.25) is 0 Å². The van der Waals surface area contributed by atoms with Gasteiger partial charge >= 0.3 is 0 Å². The number of aliphatic hydroxyl groups is 2. The molecular formula is C6H12O2. The van der Waals surface area contributed by atoms with Gasteiger partial charge in [-0.2, -0.15) is 0 Å². The summed E-state index contributed by atoms with van der Waals surface area (Å²) in [6.07, 6.45) is 1.17. The normalized spacial score (nSPS) is 16.2. The highest BCUT2D eigenvalue weighted by Crippen LogP contribution is 1.92. The smallest absolute Gasteiger partial charge is 0.0696 e. The van der Waals surface area contributed by atoms with Gasteiger partial charge in [0.15, 0.2) is 0 Å². The van der Waals surface area contributed by atoms with Crippen molar-refractivity contribution in [2.75, 3.05) is 6.61 Å². The van der Waals surface area contributed by atoms with Crippen LogP contribution in [0.5, 0.6) is 0 Å². The second kappa shape index (κ2) is 3.64. The van der Waals surface area contributed by atoms with Crippen LogP contribution < -0.4 is 0 Å². The summed E-state index contributed by atoms with van der Waals surface area (Å²) >= 11 is 0. The summed E-state index contributed by atoms with van der Waals surface area (Å²) in [6.45, 7) is 3.46. The Bertz CT molecular complexity index is 84.5. The van der Waals surface area contributed by atoms with E-state index in [1.54, 1.807) is 19.9 Å². The molecule has 0 heterocycles. The van der Waals surface area contributed by atoms with Crippen molar-refractivity contribution >= 4 is 0 Å². The lowest BCUT2D eigenvalue weighted by Crippen LogP contribution is -1.96. The predicted molar refractivity (Wildman–Crippen MR) is 32.5 cm³/mol. The maximum absolute atomic E-state index is 8.67. The van der Waals surface area contributed by atoms with E-state index < -0.39 is 6.10 Å². The van der Waals surface area contributed by atoms with Crippen LogP contribution >= 0.6 is 0 Å². The van der Waals surface area contributed by atoms with Crippen molar-refractivity contribution in [2.24, 2.45) is 0 Å². The first-order valence-electron chi connectivity index (χ1n) is 2.63. The standard InChI is InChI=1S/C6H12O2/c1-5(4-7)3-6(2)8/h3,6-8H,4H2,1-2H3/b5-3+. The molecule has 48 valence electrons. The zero-order valence-corrected chi connectivity index (χ0v) is 5.26. The first-order chi connectivity index (χ1) is 3.66. The quantitative estimate of drug-likeness (QED) is 0.509. The molecule has 0 saturated heterocycles. The van der Waals surface area contributed by atoms with E-state index in [4.69, 9.17) is 10.2 Å². The summed E-state index contributed by atoms with van der Waals surface area (Å²) < 4.78 is 0. The Labute approximate surface area is 49.5 Å². The minimum absolute atomic E-state index is 0.0326. The van der Waals surface area contributed by atoms with Crippen molar-refractivity contribution < 1.29 is 10.2 Å². The molecule has 2 N–H and O–H groups in total. The number of hydrogen-bond acceptors (Lipinski definition) is 2. The first kappa shape index (κ1) is 7.66. The average Bonchev–Trinajstić information content (AvgIpc) is 1.65. The maximum Gasteiger partial charge on any atom is 0.0696 e. The van der Waals surface area contributed by atoms with Crippen molar-refractivity contribution in [1.82, 2.24) is 0 Å². The van der Waals surface area contributed by atoms with Crippen LogP contribution in [-0.4, -0.2) is 22.9 Å². The van der Waals surface area contributed by atoms with Crippen LogP contribution in [0.1, 0.15) is 13.8 Å². The molecule has 0 amide bonds. The molecule has 8 heavy (non-hydrogen) atoms. The summed E-state index contributed by atoms with van der Waals surface area (Å²) in [7, 11) is 0. The molecule has 2 nitrogen and oxygen atoms in total. The fraction of sp³-hybridized carbons (Fsp3) is 0.667. The van der Waals surface area contributed by atoms with Gasteiger partial charge in [0, 0.05) is 0 Å². The van der Waals surface area contributed by atoms with E-state index in [1.807, 2.05) is 0 Å². The Hall–Kier alpha value is -0.340. The molecule has 0 spiro atoms. The molecule has 0 fully saturated rings. The van der Waals surface area contributed by atoms with Crippen LogP contribution in [0, 0.1) is 0 Å². The van der Waals surface area contributed by atoms with Gasteiger partial charge in [-0.3, -0.25) is 0 Å². The number of rotatable bonds is 2. The Morgan fingerprint density at radius 2 is 2.25 bits per heavy atom. The largest absolute Gasteiger partial charge is 0.392 e. The van der Waals surface area contributed by atoms with Gasteiger partial charge in [-0.05, 0) is 19.4 Å². The Morgan fingerprint density at radius 3 is 2.38 bits per heavy atom.